The molecule has 2 rings (SSSR count). The quantitative estimate of drug-likeness (QED) is 0.673. The number of nitrogens with zero attached hydrogens (tertiary/aromatic N) is 1. The van der Waals surface area contributed by atoms with Crippen LogP contribution in [0.5, 0.6) is 0 Å². The zero-order valence-electron chi connectivity index (χ0n) is 9.39. The topological polar surface area (TPSA) is 72.2 Å². The molecule has 96 valence electrons. The van der Waals surface area contributed by atoms with Gasteiger partial charge in [0.05, 0.1) is 4.92 Å². The first-order chi connectivity index (χ1) is 8.58. The second-order valence-electron chi connectivity index (χ2n) is 3.96. The molecule has 1 aliphatic rings. The molecule has 1 saturated heterocycles. The number of amides is 1. The van der Waals surface area contributed by atoms with E-state index in [9.17, 15) is 19.3 Å². The van der Waals surface area contributed by atoms with Crippen molar-refractivity contribution in [3.63, 3.8) is 0 Å². The molecule has 1 aliphatic heterocycles. The molecule has 1 amide bonds. The highest BCUT2D eigenvalue weighted by molar-refractivity contribution is 7.99. The average molecular weight is 270 g/mol. The zero-order valence-corrected chi connectivity index (χ0v) is 10.2. The average Bonchev–Trinajstić information content (AvgIpc) is 2.81. The fourth-order valence-electron chi connectivity index (χ4n) is 1.71. The Labute approximate surface area is 107 Å². The lowest BCUT2D eigenvalue weighted by molar-refractivity contribution is -0.387. The van der Waals surface area contributed by atoms with Gasteiger partial charge in [-0.1, -0.05) is 0 Å². The lowest BCUT2D eigenvalue weighted by atomic mass is 10.1. The fourth-order valence-corrected chi connectivity index (χ4v) is 2.86. The summed E-state index contributed by atoms with van der Waals surface area (Å²) in [5.74, 6) is 0.502. The van der Waals surface area contributed by atoms with E-state index in [1.807, 2.05) is 0 Å². The number of carbonyl (C=O) groups is 1. The van der Waals surface area contributed by atoms with E-state index >= 15 is 0 Å². The van der Waals surface area contributed by atoms with E-state index in [1.54, 1.807) is 11.8 Å². The normalized spacial score (nSPS) is 18.6. The smallest absolute Gasteiger partial charge is 0.305 e. The van der Waals surface area contributed by atoms with Crippen molar-refractivity contribution in [3.05, 3.63) is 39.7 Å². The number of hydrogen-bond donors (Lipinski definition) is 1. The summed E-state index contributed by atoms with van der Waals surface area (Å²) in [5.41, 5.74) is -0.566. The van der Waals surface area contributed by atoms with Gasteiger partial charge < -0.3 is 5.32 Å². The number of rotatable bonds is 3. The standard InChI is InChI=1S/C11H11FN2O3S/c12-9-2-1-7(5-10(9)14(16)17)11(15)13-8-3-4-18-6-8/h1-2,5,8H,3-4,6H2,(H,13,15). The maximum atomic E-state index is 13.1. The van der Waals surface area contributed by atoms with Crippen LogP contribution in [0.1, 0.15) is 16.8 Å². The lowest BCUT2D eigenvalue weighted by Gasteiger charge is -2.11. The van der Waals surface area contributed by atoms with Crippen LogP contribution in [-0.4, -0.2) is 28.4 Å². The monoisotopic (exact) mass is 270 g/mol. The molecule has 0 aliphatic carbocycles. The minimum atomic E-state index is -0.937. The predicted molar refractivity (Wildman–Crippen MR) is 66.3 cm³/mol. The molecular weight excluding hydrogens is 259 g/mol. The van der Waals surface area contributed by atoms with Crippen LogP contribution in [0.15, 0.2) is 18.2 Å². The van der Waals surface area contributed by atoms with Gasteiger partial charge in [-0.2, -0.15) is 16.2 Å². The number of nitro groups is 1. The zero-order chi connectivity index (χ0) is 13.1. The summed E-state index contributed by atoms with van der Waals surface area (Å²) < 4.78 is 13.1. The van der Waals surface area contributed by atoms with Gasteiger partial charge in [-0.05, 0) is 24.3 Å². The molecule has 7 heteroatoms. The maximum absolute atomic E-state index is 13.1. The maximum Gasteiger partial charge on any atom is 0.305 e. The Morgan fingerprint density at radius 3 is 2.94 bits per heavy atom. The first kappa shape index (κ1) is 12.8. The Bertz CT molecular complexity index is 489. The SMILES string of the molecule is O=C(NC1CCSC1)c1ccc(F)c([N+](=O)[O-])c1. The summed E-state index contributed by atoms with van der Waals surface area (Å²) in [6.45, 7) is 0. The van der Waals surface area contributed by atoms with Crippen molar-refractivity contribution in [1.82, 2.24) is 5.32 Å². The van der Waals surface area contributed by atoms with Gasteiger partial charge in [-0.25, -0.2) is 0 Å². The number of carbonyl (C=O) groups excluding carboxylic acids is 1. The number of benzene rings is 1. The van der Waals surface area contributed by atoms with Gasteiger partial charge in [-0.3, -0.25) is 14.9 Å². The van der Waals surface area contributed by atoms with Crippen LogP contribution in [-0.2, 0) is 0 Å². The molecule has 1 aromatic rings. The molecule has 0 spiro atoms. The Morgan fingerprint density at radius 2 is 2.33 bits per heavy atom. The first-order valence-corrected chi connectivity index (χ1v) is 6.56. The van der Waals surface area contributed by atoms with Gasteiger partial charge in [0.15, 0.2) is 0 Å². The Hall–Kier alpha value is -1.63. The molecular formula is C11H11FN2O3S. The third-order valence-corrected chi connectivity index (χ3v) is 3.83. The van der Waals surface area contributed by atoms with E-state index in [1.165, 1.54) is 6.07 Å². The summed E-state index contributed by atoms with van der Waals surface area (Å²) in [6, 6.07) is 3.25. The van der Waals surface area contributed by atoms with Crippen LogP contribution in [0, 0.1) is 15.9 Å². The molecule has 1 atom stereocenters. The minimum Gasteiger partial charge on any atom is -0.348 e. The highest BCUT2D eigenvalue weighted by Crippen LogP contribution is 2.20. The van der Waals surface area contributed by atoms with Crippen molar-refractivity contribution in [1.29, 1.82) is 0 Å². The largest absolute Gasteiger partial charge is 0.348 e. The van der Waals surface area contributed by atoms with Crippen LogP contribution < -0.4 is 5.32 Å². The van der Waals surface area contributed by atoms with Crippen molar-refractivity contribution < 1.29 is 14.1 Å². The second kappa shape index (κ2) is 5.34. The molecule has 1 fully saturated rings. The number of halogens is 1. The van der Waals surface area contributed by atoms with E-state index in [2.05, 4.69) is 5.32 Å². The van der Waals surface area contributed by atoms with Gasteiger partial charge in [0.2, 0.25) is 5.82 Å². The van der Waals surface area contributed by atoms with Crippen molar-refractivity contribution in [2.75, 3.05) is 11.5 Å². The fraction of sp³-hybridized carbons (Fsp3) is 0.364. The molecule has 5 nitrogen and oxygen atoms in total. The summed E-state index contributed by atoms with van der Waals surface area (Å²) in [6.07, 6.45) is 0.889. The first-order valence-electron chi connectivity index (χ1n) is 5.40. The van der Waals surface area contributed by atoms with Gasteiger partial charge in [0, 0.05) is 23.4 Å². The van der Waals surface area contributed by atoms with Crippen LogP contribution in [0.2, 0.25) is 0 Å². The van der Waals surface area contributed by atoms with Crippen LogP contribution in [0.3, 0.4) is 0 Å². The molecule has 1 aromatic carbocycles. The highest BCUT2D eigenvalue weighted by Gasteiger charge is 2.21. The Morgan fingerprint density at radius 1 is 1.56 bits per heavy atom. The lowest BCUT2D eigenvalue weighted by Crippen LogP contribution is -2.34. The second-order valence-corrected chi connectivity index (χ2v) is 5.11. The van der Waals surface area contributed by atoms with Crippen molar-refractivity contribution >= 4 is 23.4 Å². The van der Waals surface area contributed by atoms with E-state index in [4.69, 9.17) is 0 Å². The van der Waals surface area contributed by atoms with Crippen LogP contribution in [0.25, 0.3) is 0 Å². The molecule has 1 N–H and O–H groups in total. The molecule has 0 aromatic heterocycles. The van der Waals surface area contributed by atoms with Crippen LogP contribution >= 0.6 is 11.8 Å². The van der Waals surface area contributed by atoms with Gasteiger partial charge in [0.25, 0.3) is 5.91 Å². The molecule has 18 heavy (non-hydrogen) atoms. The van der Waals surface area contributed by atoms with Crippen molar-refractivity contribution in [3.8, 4) is 0 Å². The van der Waals surface area contributed by atoms with Crippen molar-refractivity contribution in [2.45, 2.75) is 12.5 Å². The predicted octanol–water partition coefficient (Wildman–Crippen LogP) is 1.97. The number of hydrogen-bond acceptors (Lipinski definition) is 4. The van der Waals surface area contributed by atoms with Crippen LogP contribution in [0.4, 0.5) is 10.1 Å². The molecule has 0 bridgehead atoms. The van der Waals surface area contributed by atoms with E-state index in [0.717, 1.165) is 30.1 Å². The number of nitrogens with one attached hydrogen (secondary N) is 1. The van der Waals surface area contributed by atoms with Gasteiger partial charge >= 0.3 is 5.69 Å². The molecule has 1 heterocycles. The molecule has 1 unspecified atom stereocenters. The van der Waals surface area contributed by atoms with Crippen molar-refractivity contribution in [2.24, 2.45) is 0 Å². The summed E-state index contributed by atoms with van der Waals surface area (Å²) >= 11 is 1.75. The number of nitro benzene ring substituents is 1. The third-order valence-electron chi connectivity index (χ3n) is 2.67. The minimum absolute atomic E-state index is 0.0895. The third kappa shape index (κ3) is 2.79. The molecule has 0 saturated carbocycles. The van der Waals surface area contributed by atoms with E-state index in [0.29, 0.717) is 0 Å². The van der Waals surface area contributed by atoms with Gasteiger partial charge in [-0.15, -0.1) is 0 Å². The van der Waals surface area contributed by atoms with E-state index in [-0.39, 0.29) is 11.6 Å². The Kier molecular flexibility index (Phi) is 3.81. The van der Waals surface area contributed by atoms with Gasteiger partial charge in [0.1, 0.15) is 0 Å². The Balaban J connectivity index is 2.14. The molecule has 0 radical (unpaired) electrons. The van der Waals surface area contributed by atoms with E-state index < -0.39 is 22.3 Å². The highest BCUT2D eigenvalue weighted by atomic mass is 32.2. The summed E-state index contributed by atoms with van der Waals surface area (Å²) in [5, 5.41) is 13.3. The summed E-state index contributed by atoms with van der Waals surface area (Å²) in [7, 11) is 0. The summed E-state index contributed by atoms with van der Waals surface area (Å²) in [4.78, 5) is 21.6. The number of thioether (sulfide) groups is 1.